The van der Waals surface area contributed by atoms with Crippen molar-refractivity contribution in [2.45, 2.75) is 11.3 Å². The maximum Gasteiger partial charge on any atom is 0.246 e. The van der Waals surface area contributed by atoms with E-state index in [0.717, 1.165) is 24.1 Å². The number of benzene rings is 2. The third-order valence-electron chi connectivity index (χ3n) is 4.47. The van der Waals surface area contributed by atoms with Crippen LogP contribution in [0.2, 0.25) is 0 Å². The van der Waals surface area contributed by atoms with Crippen LogP contribution in [-0.4, -0.2) is 50.3 Å². The average molecular weight is 421 g/mol. The first-order chi connectivity index (χ1) is 12.4. The zero-order chi connectivity index (χ0) is 18.7. The van der Waals surface area contributed by atoms with Crippen LogP contribution in [0.5, 0.6) is 0 Å². The van der Waals surface area contributed by atoms with Crippen molar-refractivity contribution in [2.24, 2.45) is 0 Å². The van der Waals surface area contributed by atoms with E-state index in [-0.39, 0.29) is 31.3 Å². The minimum Gasteiger partial charge on any atom is -0.300 e. The molecule has 0 amide bonds. The van der Waals surface area contributed by atoms with Crippen LogP contribution in [0, 0.1) is 17.5 Å². The molecule has 0 radical (unpaired) electrons. The first-order valence-electron chi connectivity index (χ1n) is 8.28. The Morgan fingerprint density at radius 1 is 0.852 bits per heavy atom. The van der Waals surface area contributed by atoms with Crippen molar-refractivity contribution in [3.63, 3.8) is 0 Å². The average Bonchev–Trinajstić information content (AvgIpc) is 2.63. The lowest BCUT2D eigenvalue weighted by atomic mass is 10.1. The molecular formula is C18H20ClF3N2O2S. The number of sulfonamides is 1. The lowest BCUT2D eigenvalue weighted by Gasteiger charge is -2.34. The van der Waals surface area contributed by atoms with Gasteiger partial charge in [-0.1, -0.05) is 12.1 Å². The van der Waals surface area contributed by atoms with Gasteiger partial charge in [-0.25, -0.2) is 21.6 Å². The maximum atomic E-state index is 13.8. The van der Waals surface area contributed by atoms with E-state index in [1.165, 1.54) is 16.4 Å². The van der Waals surface area contributed by atoms with Crippen molar-refractivity contribution in [3.8, 4) is 0 Å². The molecule has 0 atom stereocenters. The molecular weight excluding hydrogens is 401 g/mol. The second-order valence-corrected chi connectivity index (χ2v) is 8.10. The third-order valence-corrected chi connectivity index (χ3v) is 6.39. The molecule has 9 heteroatoms. The summed E-state index contributed by atoms with van der Waals surface area (Å²) in [6, 6.07) is 8.70. The topological polar surface area (TPSA) is 40.6 Å². The highest BCUT2D eigenvalue weighted by atomic mass is 35.5. The summed E-state index contributed by atoms with van der Waals surface area (Å²) < 4.78 is 66.3. The van der Waals surface area contributed by atoms with Crippen LogP contribution in [0.3, 0.4) is 0 Å². The van der Waals surface area contributed by atoms with E-state index >= 15 is 0 Å². The lowest BCUT2D eigenvalue weighted by Crippen LogP contribution is -2.49. The van der Waals surface area contributed by atoms with Gasteiger partial charge in [0.15, 0.2) is 0 Å². The summed E-state index contributed by atoms with van der Waals surface area (Å²) in [7, 11) is -4.06. The lowest BCUT2D eigenvalue weighted by molar-refractivity contribution is 0.190. The molecule has 1 fully saturated rings. The molecule has 0 N–H and O–H groups in total. The fraction of sp³-hybridized carbons (Fsp3) is 0.333. The standard InChI is InChI=1S/C18H19F3N2O2S.ClH/c19-15-3-1-14(2-4-15)7-8-22-9-11-23(12-10-22)26(24,25)18-13-16(20)5-6-17(18)21;/h1-6,13H,7-12H2;1H. The van der Waals surface area contributed by atoms with Crippen molar-refractivity contribution in [1.82, 2.24) is 9.21 Å². The molecule has 1 saturated heterocycles. The van der Waals surface area contributed by atoms with Gasteiger partial charge in [0.2, 0.25) is 10.0 Å². The Morgan fingerprint density at radius 2 is 1.44 bits per heavy atom. The summed E-state index contributed by atoms with van der Waals surface area (Å²) in [5.41, 5.74) is 1.00. The predicted molar refractivity (Wildman–Crippen MR) is 98.9 cm³/mol. The molecule has 27 heavy (non-hydrogen) atoms. The molecule has 2 aromatic carbocycles. The second kappa shape index (κ2) is 9.05. The van der Waals surface area contributed by atoms with Gasteiger partial charge in [-0.2, -0.15) is 4.31 Å². The van der Waals surface area contributed by atoms with Gasteiger partial charge in [0.25, 0.3) is 0 Å². The van der Waals surface area contributed by atoms with Gasteiger partial charge in [-0.3, -0.25) is 0 Å². The number of hydrogen-bond acceptors (Lipinski definition) is 3. The van der Waals surface area contributed by atoms with Gasteiger partial charge in [0, 0.05) is 32.7 Å². The predicted octanol–water partition coefficient (Wildman–Crippen LogP) is 3.07. The first-order valence-corrected chi connectivity index (χ1v) is 9.72. The Kier molecular flexibility index (Phi) is 7.27. The highest BCUT2D eigenvalue weighted by Crippen LogP contribution is 2.21. The van der Waals surface area contributed by atoms with E-state index < -0.39 is 26.6 Å². The monoisotopic (exact) mass is 420 g/mol. The molecule has 0 aliphatic carbocycles. The number of halogens is 4. The molecule has 1 aliphatic heterocycles. The molecule has 2 aromatic rings. The maximum absolute atomic E-state index is 13.8. The normalized spacial score (nSPS) is 16.1. The van der Waals surface area contributed by atoms with Crippen LogP contribution >= 0.6 is 12.4 Å². The Bertz CT molecular complexity index is 871. The van der Waals surface area contributed by atoms with Crippen LogP contribution in [0.1, 0.15) is 5.56 Å². The van der Waals surface area contributed by atoms with Crippen molar-refractivity contribution in [1.29, 1.82) is 0 Å². The molecule has 0 spiro atoms. The molecule has 1 heterocycles. The van der Waals surface area contributed by atoms with E-state index in [9.17, 15) is 21.6 Å². The minimum absolute atomic E-state index is 0. The van der Waals surface area contributed by atoms with Gasteiger partial charge in [0.1, 0.15) is 22.3 Å². The van der Waals surface area contributed by atoms with E-state index in [1.54, 1.807) is 12.1 Å². The summed E-state index contributed by atoms with van der Waals surface area (Å²) in [6.45, 7) is 2.13. The third kappa shape index (κ3) is 5.22. The van der Waals surface area contributed by atoms with Gasteiger partial charge in [-0.15, -0.1) is 12.4 Å². The molecule has 0 saturated carbocycles. The zero-order valence-electron chi connectivity index (χ0n) is 14.4. The molecule has 1 aliphatic rings. The highest BCUT2D eigenvalue weighted by Gasteiger charge is 2.30. The van der Waals surface area contributed by atoms with E-state index in [2.05, 4.69) is 4.90 Å². The van der Waals surface area contributed by atoms with Crippen LogP contribution in [0.25, 0.3) is 0 Å². The second-order valence-electron chi connectivity index (χ2n) is 6.20. The van der Waals surface area contributed by atoms with Crippen LogP contribution < -0.4 is 0 Å². The summed E-state index contributed by atoms with van der Waals surface area (Å²) in [5, 5.41) is 0. The fourth-order valence-corrected chi connectivity index (χ4v) is 4.44. The fourth-order valence-electron chi connectivity index (χ4n) is 2.95. The minimum atomic E-state index is -4.06. The molecule has 0 aromatic heterocycles. The summed E-state index contributed by atoms with van der Waals surface area (Å²) in [4.78, 5) is 1.47. The van der Waals surface area contributed by atoms with Gasteiger partial charge in [0.05, 0.1) is 0 Å². The number of nitrogens with zero attached hydrogens (tertiary/aromatic N) is 2. The summed E-state index contributed by atoms with van der Waals surface area (Å²) in [6.07, 6.45) is 0.728. The molecule has 3 rings (SSSR count). The SMILES string of the molecule is Cl.O=S(=O)(c1cc(F)ccc1F)N1CCN(CCc2ccc(F)cc2)CC1. The van der Waals surface area contributed by atoms with E-state index in [1.807, 2.05) is 0 Å². The number of rotatable bonds is 5. The Labute approximate surface area is 163 Å². The quantitative estimate of drug-likeness (QED) is 0.746. The van der Waals surface area contributed by atoms with Gasteiger partial charge in [-0.05, 0) is 42.3 Å². The molecule has 0 bridgehead atoms. The molecule has 148 valence electrons. The highest BCUT2D eigenvalue weighted by molar-refractivity contribution is 7.89. The zero-order valence-corrected chi connectivity index (χ0v) is 16.1. The van der Waals surface area contributed by atoms with Crippen molar-refractivity contribution >= 4 is 22.4 Å². The summed E-state index contributed by atoms with van der Waals surface area (Å²) in [5.74, 6) is -2.02. The Balaban J connectivity index is 0.00000261. The largest absolute Gasteiger partial charge is 0.300 e. The number of piperazine rings is 1. The number of hydrogen-bond donors (Lipinski definition) is 0. The van der Waals surface area contributed by atoms with Gasteiger partial charge >= 0.3 is 0 Å². The van der Waals surface area contributed by atoms with Crippen molar-refractivity contribution in [3.05, 3.63) is 65.5 Å². The summed E-state index contributed by atoms with van der Waals surface area (Å²) >= 11 is 0. The smallest absolute Gasteiger partial charge is 0.246 e. The first kappa shape index (κ1) is 21.7. The molecule has 4 nitrogen and oxygen atoms in total. The van der Waals surface area contributed by atoms with Crippen LogP contribution in [0.15, 0.2) is 47.4 Å². The Hall–Kier alpha value is -1.61. The van der Waals surface area contributed by atoms with Crippen LogP contribution in [-0.2, 0) is 16.4 Å². The van der Waals surface area contributed by atoms with Crippen molar-refractivity contribution < 1.29 is 21.6 Å². The van der Waals surface area contributed by atoms with E-state index in [0.29, 0.717) is 25.7 Å². The Morgan fingerprint density at radius 3 is 2.07 bits per heavy atom. The van der Waals surface area contributed by atoms with Gasteiger partial charge < -0.3 is 4.90 Å². The molecule has 0 unspecified atom stereocenters. The van der Waals surface area contributed by atoms with E-state index in [4.69, 9.17) is 0 Å². The van der Waals surface area contributed by atoms with Crippen molar-refractivity contribution in [2.75, 3.05) is 32.7 Å². The van der Waals surface area contributed by atoms with Crippen LogP contribution in [0.4, 0.5) is 13.2 Å².